The van der Waals surface area contributed by atoms with Gasteiger partial charge < -0.3 is 4.90 Å². The maximum atomic E-state index is 13.0. The highest BCUT2D eigenvalue weighted by Crippen LogP contribution is 2.37. The summed E-state index contributed by atoms with van der Waals surface area (Å²) in [6.45, 7) is 2.66. The lowest BCUT2D eigenvalue weighted by Gasteiger charge is -2.43. The fraction of sp³-hybridized carbons (Fsp3) is 0.609. The van der Waals surface area contributed by atoms with Crippen LogP contribution in [0.1, 0.15) is 50.5 Å². The number of nitrogens with zero attached hydrogens (tertiary/aromatic N) is 2. The molecule has 1 amide bonds. The van der Waals surface area contributed by atoms with Gasteiger partial charge in [-0.25, -0.2) is 8.42 Å². The van der Waals surface area contributed by atoms with Gasteiger partial charge in [-0.3, -0.25) is 4.79 Å². The van der Waals surface area contributed by atoms with Crippen molar-refractivity contribution >= 4 is 22.0 Å². The molecule has 2 aliphatic heterocycles. The van der Waals surface area contributed by atoms with E-state index >= 15 is 0 Å². The van der Waals surface area contributed by atoms with Crippen LogP contribution in [0, 0.1) is 17.8 Å². The molecule has 4 rings (SSSR count). The molecular weight excluding hydrogens is 384 g/mol. The van der Waals surface area contributed by atoms with E-state index in [0.717, 1.165) is 31.0 Å². The molecular formula is C23H32N2O3S. The molecule has 2 heterocycles. The zero-order valence-electron chi connectivity index (χ0n) is 17.1. The van der Waals surface area contributed by atoms with Crippen LogP contribution < -0.4 is 0 Å². The van der Waals surface area contributed by atoms with Crippen LogP contribution in [-0.4, -0.2) is 49.7 Å². The van der Waals surface area contributed by atoms with Crippen molar-refractivity contribution in [2.75, 3.05) is 26.2 Å². The summed E-state index contributed by atoms with van der Waals surface area (Å²) >= 11 is 0. The fourth-order valence-electron chi connectivity index (χ4n) is 5.23. The predicted octanol–water partition coefficient (Wildman–Crippen LogP) is 3.74. The van der Waals surface area contributed by atoms with Crippen molar-refractivity contribution in [3.63, 3.8) is 0 Å². The predicted molar refractivity (Wildman–Crippen MR) is 115 cm³/mol. The molecule has 6 heteroatoms. The number of carbonyl (C=O) groups excluding carboxylic acids is 1. The Labute approximate surface area is 174 Å². The SMILES string of the molecule is O=C(C1CCN(S(=O)(=O)/C=C/c2ccccc2)CC1)N1CC[C@@H]2CCCC[C@H]2C1. The number of benzene rings is 1. The Morgan fingerprint density at radius 3 is 2.31 bits per heavy atom. The number of likely N-dealkylation sites (tertiary alicyclic amines) is 1. The third-order valence-electron chi connectivity index (χ3n) is 7.00. The number of carbonyl (C=O) groups is 1. The van der Waals surface area contributed by atoms with E-state index in [9.17, 15) is 13.2 Å². The molecule has 3 fully saturated rings. The Kier molecular flexibility index (Phi) is 6.40. The first-order valence-electron chi connectivity index (χ1n) is 11.0. The number of rotatable bonds is 4. The quantitative estimate of drug-likeness (QED) is 0.751. The van der Waals surface area contributed by atoms with Gasteiger partial charge in [-0.1, -0.05) is 49.6 Å². The standard InChI is InChI=1S/C23H32N2O3S/c26-23(24-14-10-20-8-4-5-9-22(20)18-24)21-11-15-25(16-12-21)29(27,28)17-13-19-6-2-1-3-7-19/h1-3,6-7,13,17,20-22H,4-5,8-12,14-16,18H2/b17-13+/t20-,22-/m0/s1. The Morgan fingerprint density at radius 2 is 1.59 bits per heavy atom. The average molecular weight is 417 g/mol. The van der Waals surface area contributed by atoms with Gasteiger partial charge in [0.25, 0.3) is 0 Å². The molecule has 1 aromatic rings. The highest BCUT2D eigenvalue weighted by atomic mass is 32.2. The molecule has 0 aromatic heterocycles. The van der Waals surface area contributed by atoms with Crippen LogP contribution >= 0.6 is 0 Å². The second kappa shape index (κ2) is 9.00. The minimum absolute atomic E-state index is 0.0281. The van der Waals surface area contributed by atoms with Gasteiger partial charge in [-0.2, -0.15) is 4.31 Å². The van der Waals surface area contributed by atoms with E-state index in [1.165, 1.54) is 35.4 Å². The van der Waals surface area contributed by atoms with Crippen LogP contribution in [0.5, 0.6) is 0 Å². The summed E-state index contributed by atoms with van der Waals surface area (Å²) in [5, 5.41) is 1.29. The number of piperidine rings is 2. The van der Waals surface area contributed by atoms with Crippen LogP contribution in [-0.2, 0) is 14.8 Å². The van der Waals surface area contributed by atoms with Crippen molar-refractivity contribution < 1.29 is 13.2 Å². The van der Waals surface area contributed by atoms with Crippen LogP contribution in [0.25, 0.3) is 6.08 Å². The molecule has 29 heavy (non-hydrogen) atoms. The van der Waals surface area contributed by atoms with Gasteiger partial charge in [0, 0.05) is 37.5 Å². The molecule has 1 aliphatic carbocycles. The zero-order chi connectivity index (χ0) is 20.3. The summed E-state index contributed by atoms with van der Waals surface area (Å²) in [6, 6.07) is 9.45. The lowest BCUT2D eigenvalue weighted by atomic mass is 9.75. The molecule has 1 saturated carbocycles. The van der Waals surface area contributed by atoms with Crippen LogP contribution in [0.3, 0.4) is 0 Å². The lowest BCUT2D eigenvalue weighted by Crippen LogP contribution is -2.49. The molecule has 3 aliphatic rings. The molecule has 2 saturated heterocycles. The van der Waals surface area contributed by atoms with Gasteiger partial charge in [0.1, 0.15) is 0 Å². The summed E-state index contributed by atoms with van der Waals surface area (Å²) in [6.07, 6.45) is 9.29. The average Bonchev–Trinajstić information content (AvgIpc) is 2.78. The van der Waals surface area contributed by atoms with E-state index < -0.39 is 10.0 Å². The summed E-state index contributed by atoms with van der Waals surface area (Å²) in [5.41, 5.74) is 0.868. The minimum atomic E-state index is -3.44. The van der Waals surface area contributed by atoms with E-state index in [1.807, 2.05) is 30.3 Å². The van der Waals surface area contributed by atoms with Gasteiger partial charge in [0.05, 0.1) is 0 Å². The third kappa shape index (κ3) is 4.92. The highest BCUT2D eigenvalue weighted by molar-refractivity contribution is 7.92. The summed E-state index contributed by atoms with van der Waals surface area (Å²) in [4.78, 5) is 15.1. The molecule has 0 spiro atoms. The van der Waals surface area contributed by atoms with E-state index in [-0.39, 0.29) is 11.8 Å². The molecule has 0 radical (unpaired) electrons. The second-order valence-corrected chi connectivity index (χ2v) is 10.6. The Bertz CT molecular complexity index is 829. The van der Waals surface area contributed by atoms with Crippen LogP contribution in [0.2, 0.25) is 0 Å². The van der Waals surface area contributed by atoms with E-state index in [0.29, 0.717) is 31.8 Å². The molecule has 0 N–H and O–H groups in total. The van der Waals surface area contributed by atoms with Crippen molar-refractivity contribution in [3.05, 3.63) is 41.3 Å². The number of sulfonamides is 1. The smallest absolute Gasteiger partial charge is 0.236 e. The van der Waals surface area contributed by atoms with Gasteiger partial charge >= 0.3 is 0 Å². The number of hydrogen-bond acceptors (Lipinski definition) is 3. The second-order valence-electron chi connectivity index (χ2n) is 8.81. The van der Waals surface area contributed by atoms with Crippen molar-refractivity contribution in [1.82, 2.24) is 9.21 Å². The lowest BCUT2D eigenvalue weighted by molar-refractivity contribution is -0.139. The van der Waals surface area contributed by atoms with Gasteiger partial charge in [0.15, 0.2) is 0 Å². The first-order chi connectivity index (χ1) is 14.0. The third-order valence-corrected chi connectivity index (χ3v) is 8.56. The molecule has 2 atom stereocenters. The highest BCUT2D eigenvalue weighted by Gasteiger charge is 2.37. The first-order valence-corrected chi connectivity index (χ1v) is 12.6. The molecule has 158 valence electrons. The minimum Gasteiger partial charge on any atom is -0.342 e. The number of fused-ring (bicyclic) bond motifs is 1. The summed E-state index contributed by atoms with van der Waals surface area (Å²) < 4.78 is 26.8. The van der Waals surface area contributed by atoms with E-state index in [1.54, 1.807) is 6.08 Å². The maximum absolute atomic E-state index is 13.0. The molecule has 1 aromatic carbocycles. The first kappa shape index (κ1) is 20.6. The number of hydrogen-bond donors (Lipinski definition) is 0. The van der Waals surface area contributed by atoms with E-state index in [2.05, 4.69) is 4.90 Å². The molecule has 5 nitrogen and oxygen atoms in total. The van der Waals surface area contributed by atoms with Crippen LogP contribution in [0.15, 0.2) is 35.7 Å². The Hall–Kier alpha value is -1.66. The molecule has 0 unspecified atom stereocenters. The summed E-state index contributed by atoms with van der Waals surface area (Å²) in [5.74, 6) is 1.73. The number of amides is 1. The zero-order valence-corrected chi connectivity index (χ0v) is 17.9. The Morgan fingerprint density at radius 1 is 0.897 bits per heavy atom. The van der Waals surface area contributed by atoms with Gasteiger partial charge in [-0.05, 0) is 49.2 Å². The van der Waals surface area contributed by atoms with Crippen LogP contribution in [0.4, 0.5) is 0 Å². The van der Waals surface area contributed by atoms with Crippen molar-refractivity contribution in [3.8, 4) is 0 Å². The Balaban J connectivity index is 1.30. The normalized spacial score (nSPS) is 27.1. The molecule has 0 bridgehead atoms. The maximum Gasteiger partial charge on any atom is 0.236 e. The van der Waals surface area contributed by atoms with Gasteiger partial charge in [-0.15, -0.1) is 0 Å². The van der Waals surface area contributed by atoms with Crippen molar-refractivity contribution in [2.45, 2.75) is 44.9 Å². The topological polar surface area (TPSA) is 57.7 Å². The van der Waals surface area contributed by atoms with E-state index in [4.69, 9.17) is 0 Å². The largest absolute Gasteiger partial charge is 0.342 e. The fourth-order valence-corrected chi connectivity index (χ4v) is 6.45. The van der Waals surface area contributed by atoms with Gasteiger partial charge in [0.2, 0.25) is 15.9 Å². The summed E-state index contributed by atoms with van der Waals surface area (Å²) in [7, 11) is -3.44. The monoisotopic (exact) mass is 416 g/mol. The van der Waals surface area contributed by atoms with Crippen molar-refractivity contribution in [1.29, 1.82) is 0 Å². The van der Waals surface area contributed by atoms with Crippen molar-refractivity contribution in [2.24, 2.45) is 17.8 Å².